The molecule has 170 valence electrons. The summed E-state index contributed by atoms with van der Waals surface area (Å²) in [7, 11) is 0. The predicted molar refractivity (Wildman–Crippen MR) is 124 cm³/mol. The molecule has 6 rings (SSSR count). The molecule has 0 saturated heterocycles. The third kappa shape index (κ3) is 2.77. The number of fused-ring (bicyclic) bond motifs is 7. The molecule has 2 aliphatic heterocycles. The highest BCUT2D eigenvalue weighted by atomic mass is 35.5. The van der Waals surface area contributed by atoms with Crippen LogP contribution in [0.15, 0.2) is 48.5 Å². The summed E-state index contributed by atoms with van der Waals surface area (Å²) >= 11 is 6.97. The van der Waals surface area contributed by atoms with Gasteiger partial charge in [-0.05, 0) is 42.8 Å². The van der Waals surface area contributed by atoms with Crippen LogP contribution in [0.5, 0.6) is 0 Å². The number of amides is 2. The van der Waals surface area contributed by atoms with E-state index in [9.17, 15) is 22.8 Å². The lowest BCUT2D eigenvalue weighted by molar-refractivity contribution is 0.0952. The van der Waals surface area contributed by atoms with Gasteiger partial charge >= 0.3 is 0 Å². The largest absolute Gasteiger partial charge is 0.282 e. The Bertz CT molecular complexity index is 1550. The number of carbonyl (C=O) groups is 2. The zero-order valence-electron chi connectivity index (χ0n) is 17.4. The third-order valence-corrected chi connectivity index (χ3v) is 7.44. The molecule has 2 aromatic heterocycles. The molecule has 0 aliphatic carbocycles. The lowest BCUT2D eigenvalue weighted by Gasteiger charge is -2.39. The fraction of sp³-hybridized carbons (Fsp3) is 0.125. The summed E-state index contributed by atoms with van der Waals surface area (Å²) in [5.74, 6) is -1.43. The predicted octanol–water partition coefficient (Wildman–Crippen LogP) is 6.65. The molecule has 10 heteroatoms. The first-order chi connectivity index (χ1) is 16.3. The molecule has 5 nitrogen and oxygen atoms in total. The first-order valence-corrected chi connectivity index (χ1v) is 11.4. The molecular weight excluding hydrogens is 487 g/mol. The molecule has 0 fully saturated rings. The van der Waals surface area contributed by atoms with Gasteiger partial charge in [0, 0.05) is 22.2 Å². The summed E-state index contributed by atoms with van der Waals surface area (Å²) in [6.07, 6.45) is -3.63. The molecule has 0 bridgehead atoms. The van der Waals surface area contributed by atoms with Crippen molar-refractivity contribution >= 4 is 56.3 Å². The van der Waals surface area contributed by atoms with E-state index in [1.165, 1.54) is 28.0 Å². The number of carbonyl (C=O) groups excluding carboxylic acids is 2. The van der Waals surface area contributed by atoms with Crippen LogP contribution in [0.2, 0.25) is 5.02 Å². The topological polar surface area (TPSA) is 53.5 Å². The second-order valence-corrected chi connectivity index (χ2v) is 9.44. The molecule has 1 atom stereocenters. The van der Waals surface area contributed by atoms with E-state index in [-0.39, 0.29) is 20.6 Å². The molecule has 0 spiro atoms. The number of anilines is 2. The minimum atomic E-state index is -2.78. The van der Waals surface area contributed by atoms with Crippen LogP contribution < -0.4 is 9.80 Å². The summed E-state index contributed by atoms with van der Waals surface area (Å²) in [6, 6.07) is 12.1. The van der Waals surface area contributed by atoms with Gasteiger partial charge in [0.1, 0.15) is 27.4 Å². The molecular formula is C24H13ClF3N3O2S. The van der Waals surface area contributed by atoms with Crippen LogP contribution in [0, 0.1) is 12.7 Å². The van der Waals surface area contributed by atoms with Crippen LogP contribution in [0.4, 0.5) is 24.5 Å². The van der Waals surface area contributed by atoms with Crippen molar-refractivity contribution in [3.05, 3.63) is 86.6 Å². The van der Waals surface area contributed by atoms with Gasteiger partial charge in [0.25, 0.3) is 18.2 Å². The zero-order valence-corrected chi connectivity index (χ0v) is 18.9. The lowest BCUT2D eigenvalue weighted by Crippen LogP contribution is -2.48. The van der Waals surface area contributed by atoms with Crippen LogP contribution in [0.3, 0.4) is 0 Å². The van der Waals surface area contributed by atoms with Gasteiger partial charge in [-0.25, -0.2) is 18.2 Å². The number of hydrogen-bond donors (Lipinski definition) is 0. The standard InChI is InChI=1S/C24H13ClF3N3O2S/c1-10-8-16(20(27)28)29-21-17(10)18-19(34-21)24(33)30(11-6-7-15(26)14(25)9-11)22-12-4-2-3-5-13(12)23(32)31(18)22/h2-9,20,22H,1H3. The van der Waals surface area contributed by atoms with Gasteiger partial charge in [0.2, 0.25) is 0 Å². The third-order valence-electron chi connectivity index (χ3n) is 6.09. The molecule has 0 N–H and O–H groups in total. The van der Waals surface area contributed by atoms with Gasteiger partial charge in [0.05, 0.1) is 10.7 Å². The zero-order chi connectivity index (χ0) is 23.9. The van der Waals surface area contributed by atoms with Gasteiger partial charge in [-0.1, -0.05) is 29.8 Å². The molecule has 34 heavy (non-hydrogen) atoms. The maximum absolute atomic E-state index is 13.9. The Labute approximate surface area is 200 Å². The highest BCUT2D eigenvalue weighted by molar-refractivity contribution is 7.21. The van der Waals surface area contributed by atoms with Crippen molar-refractivity contribution in [2.45, 2.75) is 19.5 Å². The van der Waals surface area contributed by atoms with Crippen molar-refractivity contribution in [1.29, 1.82) is 0 Å². The summed E-state index contributed by atoms with van der Waals surface area (Å²) in [4.78, 5) is 34.8. The Balaban J connectivity index is 1.67. The van der Waals surface area contributed by atoms with Gasteiger partial charge < -0.3 is 0 Å². The minimum Gasteiger partial charge on any atom is -0.282 e. The maximum Gasteiger partial charge on any atom is 0.280 e. The van der Waals surface area contributed by atoms with Crippen molar-refractivity contribution in [3.63, 3.8) is 0 Å². The average Bonchev–Trinajstić information content (AvgIpc) is 3.33. The summed E-state index contributed by atoms with van der Waals surface area (Å²) < 4.78 is 40.7. The van der Waals surface area contributed by atoms with Crippen LogP contribution in [-0.2, 0) is 0 Å². The number of aromatic nitrogens is 1. The highest BCUT2D eigenvalue weighted by Gasteiger charge is 2.50. The Hall–Kier alpha value is -3.43. The Morgan fingerprint density at radius 3 is 2.56 bits per heavy atom. The van der Waals surface area contributed by atoms with E-state index < -0.39 is 30.0 Å². The fourth-order valence-corrected chi connectivity index (χ4v) is 6.03. The van der Waals surface area contributed by atoms with Crippen LogP contribution in [0.25, 0.3) is 10.2 Å². The van der Waals surface area contributed by atoms with Gasteiger partial charge in [-0.2, -0.15) is 0 Å². The first kappa shape index (κ1) is 21.1. The van der Waals surface area contributed by atoms with Crippen LogP contribution >= 0.6 is 22.9 Å². The molecule has 0 saturated carbocycles. The molecule has 1 unspecified atom stereocenters. The number of benzene rings is 2. The normalized spacial score (nSPS) is 16.9. The number of rotatable bonds is 2. The van der Waals surface area contributed by atoms with Crippen molar-refractivity contribution < 1.29 is 22.8 Å². The van der Waals surface area contributed by atoms with Crippen LogP contribution in [0.1, 0.15) is 49.4 Å². The Kier molecular flexibility index (Phi) is 4.53. The second-order valence-electron chi connectivity index (χ2n) is 8.03. The molecule has 2 aromatic carbocycles. The number of thiophene rings is 1. The van der Waals surface area contributed by atoms with E-state index in [0.717, 1.165) is 17.4 Å². The number of hydrogen-bond acceptors (Lipinski definition) is 4. The van der Waals surface area contributed by atoms with E-state index in [0.29, 0.717) is 33.5 Å². The summed E-state index contributed by atoms with van der Waals surface area (Å²) in [5.41, 5.74) is 1.77. The smallest absolute Gasteiger partial charge is 0.280 e. The van der Waals surface area contributed by atoms with E-state index in [1.54, 1.807) is 31.2 Å². The SMILES string of the molecule is Cc1cc(C(F)F)nc2sc3c(c12)N1C(=O)c2ccccc2C1N(c1ccc(F)c(Cl)c1)C3=O. The molecule has 4 heterocycles. The molecule has 2 aliphatic rings. The fourth-order valence-electron chi connectivity index (χ4n) is 4.66. The van der Waals surface area contributed by atoms with Gasteiger partial charge in [-0.15, -0.1) is 11.3 Å². The monoisotopic (exact) mass is 499 g/mol. The summed E-state index contributed by atoms with van der Waals surface area (Å²) in [6.45, 7) is 1.65. The quantitative estimate of drug-likeness (QED) is 0.310. The van der Waals surface area contributed by atoms with E-state index in [4.69, 9.17) is 11.6 Å². The van der Waals surface area contributed by atoms with E-state index in [1.807, 2.05) is 0 Å². The first-order valence-electron chi connectivity index (χ1n) is 10.2. The molecule has 0 radical (unpaired) electrons. The number of halogens is 4. The Morgan fingerprint density at radius 2 is 1.82 bits per heavy atom. The van der Waals surface area contributed by atoms with Crippen molar-refractivity contribution in [3.8, 4) is 0 Å². The van der Waals surface area contributed by atoms with Crippen molar-refractivity contribution in [1.82, 2.24) is 4.98 Å². The number of aryl methyl sites for hydroxylation is 1. The average molecular weight is 500 g/mol. The van der Waals surface area contributed by atoms with E-state index in [2.05, 4.69) is 4.98 Å². The van der Waals surface area contributed by atoms with Crippen molar-refractivity contribution in [2.75, 3.05) is 9.80 Å². The highest BCUT2D eigenvalue weighted by Crippen LogP contribution is 2.52. The van der Waals surface area contributed by atoms with E-state index >= 15 is 0 Å². The Morgan fingerprint density at radius 1 is 1.06 bits per heavy atom. The number of pyridine rings is 1. The molecule has 2 amide bonds. The van der Waals surface area contributed by atoms with Gasteiger partial charge in [0.15, 0.2) is 0 Å². The number of alkyl halides is 2. The second kappa shape index (κ2) is 7.28. The van der Waals surface area contributed by atoms with Gasteiger partial charge in [-0.3, -0.25) is 19.4 Å². The number of nitrogens with zero attached hydrogens (tertiary/aromatic N) is 3. The lowest BCUT2D eigenvalue weighted by atomic mass is 10.0. The molecule has 4 aromatic rings. The summed E-state index contributed by atoms with van der Waals surface area (Å²) in [5, 5.41) is 0.316. The maximum atomic E-state index is 13.9. The minimum absolute atomic E-state index is 0.171. The van der Waals surface area contributed by atoms with Crippen molar-refractivity contribution in [2.24, 2.45) is 0 Å². The van der Waals surface area contributed by atoms with Crippen LogP contribution in [-0.4, -0.2) is 16.8 Å².